The molecule has 1 atom stereocenters. The average Bonchev–Trinajstić information content (AvgIpc) is 2.61. The molecule has 120 valence electrons. The first-order valence-electron chi connectivity index (χ1n) is 7.76. The van der Waals surface area contributed by atoms with E-state index >= 15 is 0 Å². The molecule has 1 heterocycles. The van der Waals surface area contributed by atoms with Crippen LogP contribution >= 0.6 is 12.2 Å². The second kappa shape index (κ2) is 5.72. The molecule has 0 saturated heterocycles. The normalized spacial score (nSPS) is 19.0. The summed E-state index contributed by atoms with van der Waals surface area (Å²) in [6, 6.07) is 14.9. The summed E-state index contributed by atoms with van der Waals surface area (Å²) in [7, 11) is 0. The van der Waals surface area contributed by atoms with Crippen LogP contribution in [-0.4, -0.2) is 10.0 Å². The van der Waals surface area contributed by atoms with Crippen LogP contribution in [0.4, 0.5) is 5.69 Å². The SMILES string of the molecule is O=[N+]([O-])c1cccc(C2NC(=S)NC3=C2CCc2ccccc23)c1. The fourth-order valence-corrected chi connectivity index (χ4v) is 3.68. The molecule has 6 heteroatoms. The van der Waals surface area contributed by atoms with Crippen molar-refractivity contribution in [3.8, 4) is 0 Å². The molecule has 0 amide bonds. The summed E-state index contributed by atoms with van der Waals surface area (Å²) in [5.74, 6) is 0. The van der Waals surface area contributed by atoms with Crippen LogP contribution in [0.15, 0.2) is 54.1 Å². The molecular weight excluding hydrogens is 322 g/mol. The summed E-state index contributed by atoms with van der Waals surface area (Å²) in [5.41, 5.74) is 5.65. The molecule has 1 unspecified atom stereocenters. The number of hydrogen-bond donors (Lipinski definition) is 2. The number of aryl methyl sites for hydroxylation is 1. The molecule has 0 aromatic heterocycles. The van der Waals surface area contributed by atoms with E-state index in [1.54, 1.807) is 12.1 Å². The fourth-order valence-electron chi connectivity index (χ4n) is 3.46. The number of thiocarbonyl (C=S) groups is 1. The highest BCUT2D eigenvalue weighted by Gasteiger charge is 2.31. The Hall–Kier alpha value is -2.73. The van der Waals surface area contributed by atoms with Gasteiger partial charge in [0.15, 0.2) is 5.11 Å². The molecule has 0 spiro atoms. The first kappa shape index (κ1) is 14.8. The van der Waals surface area contributed by atoms with Crippen LogP contribution in [0.5, 0.6) is 0 Å². The van der Waals surface area contributed by atoms with Gasteiger partial charge in [0.1, 0.15) is 0 Å². The molecule has 0 fully saturated rings. The average molecular weight is 337 g/mol. The van der Waals surface area contributed by atoms with E-state index in [0.29, 0.717) is 5.11 Å². The van der Waals surface area contributed by atoms with Gasteiger partial charge in [-0.25, -0.2) is 0 Å². The summed E-state index contributed by atoms with van der Waals surface area (Å²) >= 11 is 5.37. The van der Waals surface area contributed by atoms with Crippen molar-refractivity contribution in [2.24, 2.45) is 0 Å². The number of rotatable bonds is 2. The summed E-state index contributed by atoms with van der Waals surface area (Å²) in [6.07, 6.45) is 1.85. The molecule has 2 aromatic carbocycles. The number of fused-ring (bicyclic) bond motifs is 2. The van der Waals surface area contributed by atoms with E-state index in [-0.39, 0.29) is 16.7 Å². The molecule has 0 radical (unpaired) electrons. The van der Waals surface area contributed by atoms with Crippen molar-refractivity contribution in [1.29, 1.82) is 0 Å². The van der Waals surface area contributed by atoms with Crippen molar-refractivity contribution in [3.63, 3.8) is 0 Å². The van der Waals surface area contributed by atoms with Crippen molar-refractivity contribution < 1.29 is 4.92 Å². The van der Waals surface area contributed by atoms with Gasteiger partial charge in [0, 0.05) is 23.4 Å². The Bertz CT molecular complexity index is 891. The van der Waals surface area contributed by atoms with Crippen molar-refractivity contribution in [2.75, 3.05) is 0 Å². The molecule has 1 aliphatic heterocycles. The van der Waals surface area contributed by atoms with Crippen LogP contribution in [0.1, 0.15) is 29.2 Å². The number of nitrogens with one attached hydrogen (secondary N) is 2. The van der Waals surface area contributed by atoms with E-state index in [1.165, 1.54) is 17.2 Å². The first-order chi connectivity index (χ1) is 11.6. The number of benzene rings is 2. The molecule has 0 bridgehead atoms. The highest BCUT2D eigenvalue weighted by Crippen LogP contribution is 2.39. The van der Waals surface area contributed by atoms with E-state index in [9.17, 15) is 10.1 Å². The Balaban J connectivity index is 1.84. The molecule has 0 saturated carbocycles. The number of hydrogen-bond acceptors (Lipinski definition) is 3. The van der Waals surface area contributed by atoms with Crippen molar-refractivity contribution >= 4 is 28.7 Å². The summed E-state index contributed by atoms with van der Waals surface area (Å²) < 4.78 is 0. The predicted octanol–water partition coefficient (Wildman–Crippen LogP) is 3.47. The van der Waals surface area contributed by atoms with Gasteiger partial charge < -0.3 is 10.6 Å². The van der Waals surface area contributed by atoms with E-state index < -0.39 is 0 Å². The Morgan fingerprint density at radius 2 is 1.96 bits per heavy atom. The van der Waals surface area contributed by atoms with Gasteiger partial charge in [0.05, 0.1) is 11.0 Å². The molecule has 2 N–H and O–H groups in total. The largest absolute Gasteiger partial charge is 0.352 e. The lowest BCUT2D eigenvalue weighted by Gasteiger charge is -2.35. The molecular formula is C18H15N3O2S. The number of nitro groups is 1. The van der Waals surface area contributed by atoms with Gasteiger partial charge in [-0.2, -0.15) is 0 Å². The monoisotopic (exact) mass is 337 g/mol. The second-order valence-electron chi connectivity index (χ2n) is 5.94. The van der Waals surface area contributed by atoms with Crippen molar-refractivity contribution in [2.45, 2.75) is 18.9 Å². The third-order valence-electron chi connectivity index (χ3n) is 4.55. The van der Waals surface area contributed by atoms with Crippen LogP contribution in [0.2, 0.25) is 0 Å². The zero-order valence-electron chi connectivity index (χ0n) is 12.8. The lowest BCUT2D eigenvalue weighted by molar-refractivity contribution is -0.384. The smallest absolute Gasteiger partial charge is 0.269 e. The minimum absolute atomic E-state index is 0.0945. The summed E-state index contributed by atoms with van der Waals surface area (Å²) in [5, 5.41) is 18.2. The number of nitrogens with zero attached hydrogens (tertiary/aromatic N) is 1. The van der Waals surface area contributed by atoms with Gasteiger partial charge in [-0.1, -0.05) is 36.4 Å². The van der Waals surface area contributed by atoms with Crippen LogP contribution in [0.25, 0.3) is 5.70 Å². The Kier molecular flexibility index (Phi) is 3.54. The second-order valence-corrected chi connectivity index (χ2v) is 6.35. The third-order valence-corrected chi connectivity index (χ3v) is 4.77. The van der Waals surface area contributed by atoms with Gasteiger partial charge in [-0.3, -0.25) is 10.1 Å². The van der Waals surface area contributed by atoms with Gasteiger partial charge in [-0.05, 0) is 41.8 Å². The fraction of sp³-hybridized carbons (Fsp3) is 0.167. The van der Waals surface area contributed by atoms with E-state index in [2.05, 4.69) is 22.8 Å². The molecule has 4 rings (SSSR count). The van der Waals surface area contributed by atoms with Gasteiger partial charge in [0.2, 0.25) is 0 Å². The highest BCUT2D eigenvalue weighted by atomic mass is 32.1. The van der Waals surface area contributed by atoms with Crippen LogP contribution in [0, 0.1) is 10.1 Å². The van der Waals surface area contributed by atoms with E-state index in [0.717, 1.165) is 29.7 Å². The first-order valence-corrected chi connectivity index (χ1v) is 8.17. The summed E-state index contributed by atoms with van der Waals surface area (Å²) in [4.78, 5) is 10.7. The van der Waals surface area contributed by atoms with E-state index in [1.807, 2.05) is 18.2 Å². The summed E-state index contributed by atoms with van der Waals surface area (Å²) in [6.45, 7) is 0. The molecule has 1 aliphatic carbocycles. The van der Waals surface area contributed by atoms with E-state index in [4.69, 9.17) is 12.2 Å². The lowest BCUT2D eigenvalue weighted by atomic mass is 9.83. The van der Waals surface area contributed by atoms with Crippen molar-refractivity contribution in [1.82, 2.24) is 10.6 Å². The zero-order chi connectivity index (χ0) is 16.7. The Morgan fingerprint density at radius 1 is 1.12 bits per heavy atom. The lowest BCUT2D eigenvalue weighted by Crippen LogP contribution is -2.44. The number of non-ortho nitro benzene ring substituents is 1. The van der Waals surface area contributed by atoms with Crippen LogP contribution < -0.4 is 10.6 Å². The Labute approximate surface area is 144 Å². The predicted molar refractivity (Wildman–Crippen MR) is 96.4 cm³/mol. The third kappa shape index (κ3) is 2.45. The van der Waals surface area contributed by atoms with Crippen LogP contribution in [-0.2, 0) is 6.42 Å². The van der Waals surface area contributed by atoms with Crippen molar-refractivity contribution in [3.05, 3.63) is 80.9 Å². The zero-order valence-corrected chi connectivity index (χ0v) is 13.6. The minimum Gasteiger partial charge on any atom is -0.352 e. The van der Waals surface area contributed by atoms with Gasteiger partial charge >= 0.3 is 0 Å². The minimum atomic E-state index is -0.367. The molecule has 2 aromatic rings. The molecule has 24 heavy (non-hydrogen) atoms. The van der Waals surface area contributed by atoms with Crippen LogP contribution in [0.3, 0.4) is 0 Å². The molecule has 2 aliphatic rings. The molecule has 5 nitrogen and oxygen atoms in total. The Morgan fingerprint density at radius 3 is 2.79 bits per heavy atom. The topological polar surface area (TPSA) is 67.2 Å². The van der Waals surface area contributed by atoms with Gasteiger partial charge in [-0.15, -0.1) is 0 Å². The highest BCUT2D eigenvalue weighted by molar-refractivity contribution is 7.80. The maximum absolute atomic E-state index is 11.1. The maximum atomic E-state index is 11.1. The quantitative estimate of drug-likeness (QED) is 0.499. The maximum Gasteiger partial charge on any atom is 0.269 e. The standard InChI is InChI=1S/C18H15N3O2S/c22-21(23)13-6-3-5-12(10-13)16-15-9-8-11-4-1-2-7-14(11)17(15)20-18(24)19-16/h1-7,10,16H,8-9H2,(H2,19,20,24). The van der Waals surface area contributed by atoms with Gasteiger partial charge in [0.25, 0.3) is 5.69 Å². The number of nitro benzene ring substituents is 1.